The van der Waals surface area contributed by atoms with Gasteiger partial charge in [0, 0.05) is 31.5 Å². The van der Waals surface area contributed by atoms with E-state index < -0.39 is 10.0 Å². The number of piperidine rings is 1. The fraction of sp³-hybridized carbons (Fsp3) is 0.480. The van der Waals surface area contributed by atoms with Crippen LogP contribution in [-0.2, 0) is 14.2 Å². The molecule has 32 heavy (non-hydrogen) atoms. The molecule has 0 radical (unpaired) electrons. The van der Waals surface area contributed by atoms with Crippen LogP contribution in [-0.4, -0.2) is 49.9 Å². The molecule has 5 nitrogen and oxygen atoms in total. The number of hydrogen-bond donors (Lipinski definition) is 0. The lowest BCUT2D eigenvalue weighted by atomic mass is 9.76. The van der Waals surface area contributed by atoms with Gasteiger partial charge in [-0.05, 0) is 85.0 Å². The van der Waals surface area contributed by atoms with Gasteiger partial charge in [-0.25, -0.2) is 12.7 Å². The van der Waals surface area contributed by atoms with Crippen molar-refractivity contribution >= 4 is 33.7 Å². The van der Waals surface area contributed by atoms with Crippen LogP contribution in [0.5, 0.6) is 0 Å². The molecule has 1 aliphatic heterocycles. The van der Waals surface area contributed by atoms with Gasteiger partial charge in [-0.1, -0.05) is 29.8 Å². The molecule has 0 amide bonds. The van der Waals surface area contributed by atoms with Crippen LogP contribution in [0.1, 0.15) is 59.5 Å². The molecule has 172 valence electrons. The average Bonchev–Trinajstić information content (AvgIpc) is 2.90. The topological polar surface area (TPSA) is 59.5 Å². The van der Waals surface area contributed by atoms with Gasteiger partial charge in [0.1, 0.15) is 0 Å². The largest absolute Gasteiger partial charge is 0.316 e. The maximum atomic E-state index is 12.0. The third kappa shape index (κ3) is 5.11. The summed E-state index contributed by atoms with van der Waals surface area (Å²) in [5, 5.41) is 0. The molecule has 0 saturated carbocycles. The molecule has 7 heteroatoms. The Morgan fingerprint density at radius 1 is 1.22 bits per heavy atom. The van der Waals surface area contributed by atoms with E-state index >= 15 is 0 Å². The van der Waals surface area contributed by atoms with Crippen molar-refractivity contribution < 1.29 is 12.6 Å². The molecule has 1 fully saturated rings. The Kier molecular flexibility index (Phi) is 7.40. The van der Waals surface area contributed by atoms with Gasteiger partial charge in [0.15, 0.2) is 0 Å². The summed E-state index contributed by atoms with van der Waals surface area (Å²) in [6.07, 6.45) is 11.1. The second-order valence-electron chi connectivity index (χ2n) is 8.81. The molecule has 1 atom stereocenters. The van der Waals surface area contributed by atoms with Crippen LogP contribution in [0.25, 0.3) is 11.6 Å². The third-order valence-electron chi connectivity index (χ3n) is 6.62. The summed E-state index contributed by atoms with van der Waals surface area (Å²) in [5.74, 6) is 0.524. The quantitative estimate of drug-likeness (QED) is 0.413. The number of rotatable bonds is 7. The number of aromatic nitrogens is 1. The van der Waals surface area contributed by atoms with Crippen LogP contribution < -0.4 is 0 Å². The molecule has 2 heterocycles. The predicted molar refractivity (Wildman–Crippen MR) is 133 cm³/mol. The lowest BCUT2D eigenvalue weighted by Gasteiger charge is -2.35. The van der Waals surface area contributed by atoms with E-state index in [4.69, 9.17) is 9.17 Å². The lowest BCUT2D eigenvalue weighted by molar-refractivity contribution is 0.256. The van der Waals surface area contributed by atoms with Gasteiger partial charge in [0.2, 0.25) is 10.0 Å². The average molecular weight is 473 g/mol. The molecule has 1 saturated heterocycles. The lowest BCUT2D eigenvalue weighted by Crippen LogP contribution is -2.39. The zero-order valence-corrected chi connectivity index (χ0v) is 20.7. The first-order chi connectivity index (χ1) is 15.4. The zero-order chi connectivity index (χ0) is 22.7. The molecular formula is C25H32N2O3S2. The van der Waals surface area contributed by atoms with Crippen molar-refractivity contribution in [1.82, 2.24) is 9.29 Å². The van der Waals surface area contributed by atoms with E-state index in [1.807, 2.05) is 18.5 Å². The highest BCUT2D eigenvalue weighted by Gasteiger charge is 2.35. The summed E-state index contributed by atoms with van der Waals surface area (Å²) >= 11 is 1.41. The van der Waals surface area contributed by atoms with E-state index in [9.17, 15) is 8.42 Å². The van der Waals surface area contributed by atoms with E-state index in [1.54, 1.807) is 4.31 Å². The molecular weight excluding hydrogens is 440 g/mol. The van der Waals surface area contributed by atoms with Crippen molar-refractivity contribution in [3.63, 3.8) is 0 Å². The Balaban J connectivity index is 1.73. The van der Waals surface area contributed by atoms with Gasteiger partial charge in [-0.2, -0.15) is 0 Å². The highest BCUT2D eigenvalue weighted by Crippen LogP contribution is 2.45. The standard InChI is InChI=1S/C25H32N2O3S2/c1-18-8-9-22-23(16-18)20(7-5-15-30-31-2)17-21-6-4-12-26-25(21)24(22)19-10-13-27(14-11-19)32(3,28)29/h4,6,8-9,12,16-17,19,24H,5,7,10-11,13-15H2,1-3H3. The van der Waals surface area contributed by atoms with E-state index in [1.165, 1.54) is 46.1 Å². The van der Waals surface area contributed by atoms with Gasteiger partial charge in [0.05, 0.1) is 18.6 Å². The van der Waals surface area contributed by atoms with Crippen LogP contribution in [0.3, 0.4) is 0 Å². The van der Waals surface area contributed by atoms with Gasteiger partial charge in [-0.3, -0.25) is 4.98 Å². The van der Waals surface area contributed by atoms with E-state index in [2.05, 4.69) is 37.3 Å². The van der Waals surface area contributed by atoms with Crippen molar-refractivity contribution in [2.24, 2.45) is 5.92 Å². The monoisotopic (exact) mass is 472 g/mol. The Morgan fingerprint density at radius 2 is 2.00 bits per heavy atom. The number of sulfonamides is 1. The van der Waals surface area contributed by atoms with Crippen LogP contribution in [0.2, 0.25) is 0 Å². The summed E-state index contributed by atoms with van der Waals surface area (Å²) in [7, 11) is -3.14. The van der Waals surface area contributed by atoms with E-state index in [0.717, 1.165) is 38.0 Å². The highest BCUT2D eigenvalue weighted by atomic mass is 32.2. The van der Waals surface area contributed by atoms with Gasteiger partial charge in [-0.15, -0.1) is 0 Å². The maximum Gasteiger partial charge on any atom is 0.211 e. The van der Waals surface area contributed by atoms with Crippen LogP contribution >= 0.6 is 12.0 Å². The summed E-state index contributed by atoms with van der Waals surface area (Å²) < 4.78 is 31.2. The first-order valence-electron chi connectivity index (χ1n) is 11.3. The van der Waals surface area contributed by atoms with Gasteiger partial charge in [0.25, 0.3) is 0 Å². The molecule has 2 aliphatic rings. The Hall–Kier alpha value is -1.67. The number of benzene rings is 1. The molecule has 2 aromatic rings. The SMILES string of the molecule is CSOCCCC1=Cc2cccnc2C(C2CCN(S(C)(=O)=O)CC2)c2ccc(C)cc21. The Morgan fingerprint density at radius 3 is 2.72 bits per heavy atom. The normalized spacial score (nSPS) is 19.7. The second kappa shape index (κ2) is 10.1. The number of fused-ring (bicyclic) bond motifs is 2. The molecule has 1 aromatic carbocycles. The maximum absolute atomic E-state index is 12.0. The first kappa shape index (κ1) is 23.5. The van der Waals surface area contributed by atoms with Crippen molar-refractivity contribution in [3.05, 3.63) is 64.5 Å². The fourth-order valence-electron chi connectivity index (χ4n) is 5.07. The summed E-state index contributed by atoms with van der Waals surface area (Å²) in [6.45, 7) is 4.03. The molecule has 0 spiro atoms. The smallest absolute Gasteiger partial charge is 0.211 e. The second-order valence-corrected chi connectivity index (χ2v) is 11.4. The number of aryl methyl sites for hydroxylation is 1. The van der Waals surface area contributed by atoms with Crippen molar-refractivity contribution in [2.45, 2.75) is 38.5 Å². The van der Waals surface area contributed by atoms with Crippen LogP contribution in [0, 0.1) is 12.8 Å². The summed E-state index contributed by atoms with van der Waals surface area (Å²) in [6, 6.07) is 10.9. The minimum atomic E-state index is -3.14. The fourth-order valence-corrected chi connectivity index (χ4v) is 6.23. The first-order valence-corrected chi connectivity index (χ1v) is 14.3. The minimum absolute atomic E-state index is 0.166. The number of hydrogen-bond acceptors (Lipinski definition) is 5. The zero-order valence-electron chi connectivity index (χ0n) is 19.1. The molecule has 1 unspecified atom stereocenters. The van der Waals surface area contributed by atoms with Crippen LogP contribution in [0.15, 0.2) is 36.5 Å². The molecule has 1 aromatic heterocycles. The van der Waals surface area contributed by atoms with Crippen molar-refractivity contribution in [1.29, 1.82) is 0 Å². The predicted octanol–water partition coefficient (Wildman–Crippen LogP) is 5.12. The van der Waals surface area contributed by atoms with Gasteiger partial charge < -0.3 is 4.18 Å². The number of pyridine rings is 1. The van der Waals surface area contributed by atoms with E-state index in [0.29, 0.717) is 19.0 Å². The number of allylic oxidation sites excluding steroid dienone is 1. The van der Waals surface area contributed by atoms with Gasteiger partial charge >= 0.3 is 0 Å². The Bertz CT molecular complexity index is 1090. The summed E-state index contributed by atoms with van der Waals surface area (Å²) in [5.41, 5.74) is 7.51. The third-order valence-corrected chi connectivity index (χ3v) is 8.32. The molecule has 4 rings (SSSR count). The van der Waals surface area contributed by atoms with Crippen molar-refractivity contribution in [2.75, 3.05) is 32.2 Å². The summed E-state index contributed by atoms with van der Waals surface area (Å²) in [4.78, 5) is 4.86. The van der Waals surface area contributed by atoms with Crippen LogP contribution in [0.4, 0.5) is 0 Å². The molecule has 1 aliphatic carbocycles. The molecule has 0 N–H and O–H groups in total. The molecule has 0 bridgehead atoms. The number of nitrogens with zero attached hydrogens (tertiary/aromatic N) is 2. The Labute approximate surface area is 196 Å². The van der Waals surface area contributed by atoms with Crippen molar-refractivity contribution in [3.8, 4) is 0 Å². The highest BCUT2D eigenvalue weighted by molar-refractivity contribution is 7.93. The minimum Gasteiger partial charge on any atom is -0.316 e. The van der Waals surface area contributed by atoms with E-state index in [-0.39, 0.29) is 5.92 Å².